The highest BCUT2D eigenvalue weighted by Crippen LogP contribution is 2.80. The van der Waals surface area contributed by atoms with Crippen LogP contribution < -0.4 is 0 Å². The molecule has 0 aromatic rings. The Hall–Kier alpha value is -0.350. The van der Waals surface area contributed by atoms with Crippen molar-refractivity contribution in [1.29, 1.82) is 0 Å². The molecular formula is C3O11P2. The molecule has 4 saturated heterocycles. The third-order valence-corrected chi connectivity index (χ3v) is 4.37. The molecule has 16 heavy (non-hydrogen) atoms. The Morgan fingerprint density at radius 2 is 1.62 bits per heavy atom. The van der Waals surface area contributed by atoms with E-state index in [1.807, 2.05) is 0 Å². The predicted octanol–water partition coefficient (Wildman–Crippen LogP) is 0.0965. The van der Waals surface area contributed by atoms with Crippen molar-refractivity contribution in [3.8, 4) is 0 Å². The minimum absolute atomic E-state index is 1.26. The molecule has 0 aromatic carbocycles. The molecule has 2 spiro atoms. The van der Waals surface area contributed by atoms with Gasteiger partial charge in [-0.3, -0.25) is 0 Å². The van der Waals surface area contributed by atoms with E-state index in [-0.39, 0.29) is 0 Å². The Bertz CT molecular complexity index is 507. The first-order chi connectivity index (χ1) is 7.41. The second kappa shape index (κ2) is 2.27. The first-order valence-electron chi connectivity index (χ1n) is 3.72. The second-order valence-electron chi connectivity index (χ2n) is 3.04. The number of carbonyl (C=O) groups is 1. The van der Waals surface area contributed by atoms with Crippen LogP contribution in [0.3, 0.4) is 0 Å². The van der Waals surface area contributed by atoms with Crippen LogP contribution in [-0.2, 0) is 51.1 Å². The highest BCUT2D eigenvalue weighted by Gasteiger charge is 2.90. The minimum atomic E-state index is -4.24. The van der Waals surface area contributed by atoms with E-state index in [1.165, 1.54) is 0 Å². The number of rotatable bonds is 0. The van der Waals surface area contributed by atoms with E-state index in [0.717, 1.165) is 0 Å². The lowest BCUT2D eigenvalue weighted by molar-refractivity contribution is -0.485. The van der Waals surface area contributed by atoms with Crippen molar-refractivity contribution in [2.75, 3.05) is 0 Å². The fourth-order valence-corrected chi connectivity index (χ4v) is 3.91. The maximum Gasteiger partial charge on any atom is 0.540 e. The largest absolute Gasteiger partial charge is 0.540 e. The summed E-state index contributed by atoms with van der Waals surface area (Å²) >= 11 is 0. The van der Waals surface area contributed by atoms with Gasteiger partial charge in [-0.05, 0) is 0 Å². The number of fused-ring (bicyclic) bond motifs is 2. The summed E-state index contributed by atoms with van der Waals surface area (Å²) in [6, 6.07) is 0. The van der Waals surface area contributed by atoms with E-state index in [9.17, 15) is 13.9 Å². The van der Waals surface area contributed by atoms with E-state index in [4.69, 9.17) is 0 Å². The SMILES string of the molecule is O=C1OP2(=O)OC34OOP(=O)(OOC13O2)O4. The Kier molecular flexibility index (Phi) is 1.37. The highest BCUT2D eigenvalue weighted by atomic mass is 31.2. The first-order valence-corrected chi connectivity index (χ1v) is 6.64. The summed E-state index contributed by atoms with van der Waals surface area (Å²) < 4.78 is 49.3. The molecule has 4 unspecified atom stereocenters. The van der Waals surface area contributed by atoms with Gasteiger partial charge in [-0.1, -0.05) is 0 Å². The fourth-order valence-electron chi connectivity index (χ4n) is 1.45. The molecule has 4 atom stereocenters. The van der Waals surface area contributed by atoms with E-state index in [1.54, 1.807) is 0 Å². The maximum atomic E-state index is 11.6. The molecular weight excluding hydrogens is 274 g/mol. The molecule has 4 fully saturated rings. The van der Waals surface area contributed by atoms with Crippen LogP contribution in [0.5, 0.6) is 0 Å². The van der Waals surface area contributed by atoms with Crippen molar-refractivity contribution >= 4 is 21.6 Å². The lowest BCUT2D eigenvalue weighted by Crippen LogP contribution is -2.60. The zero-order valence-electron chi connectivity index (χ0n) is 6.89. The molecule has 13 heteroatoms. The predicted molar refractivity (Wildman–Crippen MR) is 34.4 cm³/mol. The maximum absolute atomic E-state index is 11.6. The van der Waals surface area contributed by atoms with Crippen LogP contribution in [0.2, 0.25) is 0 Å². The van der Waals surface area contributed by atoms with Gasteiger partial charge in [0.05, 0.1) is 0 Å². The fraction of sp³-hybridized carbons (Fsp3) is 0.667. The average Bonchev–Trinajstić information content (AvgIpc) is 2.69. The molecule has 0 aliphatic carbocycles. The summed E-state index contributed by atoms with van der Waals surface area (Å²) in [6.07, 6.45) is 0. The van der Waals surface area contributed by atoms with Crippen LogP contribution in [0.15, 0.2) is 0 Å². The summed E-state index contributed by atoms with van der Waals surface area (Å²) in [5, 5.41) is 0. The van der Waals surface area contributed by atoms with Crippen molar-refractivity contribution in [3.05, 3.63) is 0 Å². The number of carbonyl (C=O) groups excluding carboxylic acids is 1. The van der Waals surface area contributed by atoms with Gasteiger partial charge in [0.1, 0.15) is 0 Å². The Morgan fingerprint density at radius 1 is 0.938 bits per heavy atom. The van der Waals surface area contributed by atoms with Gasteiger partial charge in [-0.15, -0.1) is 9.35 Å². The monoisotopic (exact) mass is 274 g/mol. The zero-order valence-corrected chi connectivity index (χ0v) is 8.67. The number of phosphoric acid groups is 2. The van der Waals surface area contributed by atoms with Gasteiger partial charge in [-0.25, -0.2) is 27.5 Å². The molecule has 11 nitrogen and oxygen atoms in total. The van der Waals surface area contributed by atoms with Gasteiger partial charge in [0.25, 0.3) is 0 Å². The third kappa shape index (κ3) is 0.819. The van der Waals surface area contributed by atoms with E-state index >= 15 is 0 Å². The van der Waals surface area contributed by atoms with Crippen LogP contribution in [0.1, 0.15) is 0 Å². The molecule has 0 saturated carbocycles. The zero-order chi connectivity index (χ0) is 11.2. The topological polar surface area (TPSA) is 125 Å². The quantitative estimate of drug-likeness (QED) is 0.440. The van der Waals surface area contributed by atoms with Crippen molar-refractivity contribution in [2.24, 2.45) is 0 Å². The van der Waals surface area contributed by atoms with Crippen LogP contribution in [0, 0.1) is 0 Å². The van der Waals surface area contributed by atoms with E-state index in [0.29, 0.717) is 0 Å². The molecule has 0 N–H and O–H groups in total. The van der Waals surface area contributed by atoms with Crippen LogP contribution in [-0.4, -0.2) is 17.7 Å². The van der Waals surface area contributed by atoms with Crippen LogP contribution in [0.4, 0.5) is 0 Å². The Labute approximate surface area is 85.5 Å². The second-order valence-corrected chi connectivity index (χ2v) is 5.85. The molecule has 4 heterocycles. The van der Waals surface area contributed by atoms with Gasteiger partial charge in [0, 0.05) is 0 Å². The first kappa shape index (κ1) is 9.66. The standard InChI is InChI=1S/C3O11P2/c4-1-2-3(11-15(5,7-1)10-2)9-14-16(6,12-3)13-8-2. The van der Waals surface area contributed by atoms with Gasteiger partial charge in [-0.2, -0.15) is 9.78 Å². The number of phosphoric ester groups is 1. The van der Waals surface area contributed by atoms with Crippen LogP contribution in [0.25, 0.3) is 0 Å². The molecule has 0 radical (unpaired) electrons. The minimum Gasteiger partial charge on any atom is -0.366 e. The molecule has 0 aromatic heterocycles. The van der Waals surface area contributed by atoms with Gasteiger partial charge in [0.15, 0.2) is 0 Å². The highest BCUT2D eigenvalue weighted by molar-refractivity contribution is 7.50. The average molecular weight is 274 g/mol. The normalized spacial score (nSPS) is 62.1. The Balaban J connectivity index is 1.95. The molecule has 88 valence electrons. The third-order valence-electron chi connectivity index (χ3n) is 2.06. The summed E-state index contributed by atoms with van der Waals surface area (Å²) in [4.78, 5) is 20.2. The summed E-state index contributed by atoms with van der Waals surface area (Å²) in [6.45, 7) is 0. The summed E-state index contributed by atoms with van der Waals surface area (Å²) in [5.74, 6) is -6.28. The van der Waals surface area contributed by atoms with Gasteiger partial charge < -0.3 is 4.52 Å². The number of hydrogen-bond acceptors (Lipinski definition) is 11. The lowest BCUT2D eigenvalue weighted by atomic mass is 10.2. The molecule has 0 amide bonds. The smallest absolute Gasteiger partial charge is 0.366 e. The van der Waals surface area contributed by atoms with Crippen LogP contribution >= 0.6 is 15.6 Å². The van der Waals surface area contributed by atoms with Crippen molar-refractivity contribution in [3.63, 3.8) is 0 Å². The van der Waals surface area contributed by atoms with E-state index < -0.39 is 33.4 Å². The summed E-state index contributed by atoms with van der Waals surface area (Å²) in [7, 11) is -8.41. The van der Waals surface area contributed by atoms with Crippen molar-refractivity contribution in [2.45, 2.75) is 11.8 Å². The van der Waals surface area contributed by atoms with Crippen molar-refractivity contribution < 1.29 is 51.1 Å². The van der Waals surface area contributed by atoms with Gasteiger partial charge >= 0.3 is 33.4 Å². The number of hydrogen-bond donors (Lipinski definition) is 0. The lowest BCUT2D eigenvalue weighted by Gasteiger charge is -2.31. The molecule has 4 rings (SSSR count). The summed E-state index contributed by atoms with van der Waals surface area (Å²) in [5.41, 5.74) is 0. The molecule has 4 bridgehead atoms. The van der Waals surface area contributed by atoms with Crippen molar-refractivity contribution in [1.82, 2.24) is 0 Å². The van der Waals surface area contributed by atoms with E-state index in [2.05, 4.69) is 37.2 Å². The molecule has 4 aliphatic heterocycles. The van der Waals surface area contributed by atoms with Gasteiger partial charge in [0.2, 0.25) is 0 Å². The molecule has 4 aliphatic rings. The Morgan fingerprint density at radius 3 is 2.38 bits per heavy atom.